The number of amides is 1. The van der Waals surface area contributed by atoms with Crippen LogP contribution in [0.15, 0.2) is 29.2 Å². The Bertz CT molecular complexity index is 524. The Morgan fingerprint density at radius 1 is 1.39 bits per heavy atom. The lowest BCUT2D eigenvalue weighted by Gasteiger charge is -2.08. The van der Waals surface area contributed by atoms with Gasteiger partial charge in [-0.15, -0.1) is 0 Å². The summed E-state index contributed by atoms with van der Waals surface area (Å²) >= 11 is 0. The summed E-state index contributed by atoms with van der Waals surface area (Å²) in [6.45, 7) is 3.78. The van der Waals surface area contributed by atoms with Crippen molar-refractivity contribution in [1.29, 1.82) is 0 Å². The van der Waals surface area contributed by atoms with Crippen molar-refractivity contribution < 1.29 is 13.2 Å². The van der Waals surface area contributed by atoms with Gasteiger partial charge in [0.1, 0.15) is 0 Å². The van der Waals surface area contributed by atoms with Gasteiger partial charge in [-0.3, -0.25) is 4.79 Å². The first-order valence-corrected chi connectivity index (χ1v) is 7.25. The molecule has 0 saturated carbocycles. The van der Waals surface area contributed by atoms with E-state index in [1.165, 1.54) is 12.1 Å². The zero-order chi connectivity index (χ0) is 13.8. The predicted octanol–water partition coefficient (Wildman–Crippen LogP) is 0.791. The number of carbonyl (C=O) groups excluding carboxylic acids is 1. The van der Waals surface area contributed by atoms with E-state index < -0.39 is 10.0 Å². The summed E-state index contributed by atoms with van der Waals surface area (Å²) < 4.78 is 22.3. The third kappa shape index (κ3) is 4.85. The molecular weight excluding hydrogens is 252 g/mol. The van der Waals surface area contributed by atoms with Crippen molar-refractivity contribution >= 4 is 15.9 Å². The molecule has 100 valence electrons. The topological polar surface area (TPSA) is 89.3 Å². The first kappa shape index (κ1) is 14.7. The van der Waals surface area contributed by atoms with Crippen molar-refractivity contribution in [2.75, 3.05) is 0 Å². The van der Waals surface area contributed by atoms with Crippen LogP contribution >= 0.6 is 0 Å². The third-order valence-electron chi connectivity index (χ3n) is 2.32. The average molecular weight is 270 g/mol. The predicted molar refractivity (Wildman–Crippen MR) is 69.4 cm³/mol. The van der Waals surface area contributed by atoms with Crippen LogP contribution in [0, 0.1) is 0 Å². The van der Waals surface area contributed by atoms with E-state index in [2.05, 4.69) is 5.32 Å². The Balaban J connectivity index is 2.67. The fourth-order valence-corrected chi connectivity index (χ4v) is 2.11. The van der Waals surface area contributed by atoms with Gasteiger partial charge in [0.15, 0.2) is 0 Å². The van der Waals surface area contributed by atoms with E-state index in [-0.39, 0.29) is 16.8 Å². The van der Waals surface area contributed by atoms with Gasteiger partial charge in [0.05, 0.1) is 4.90 Å². The molecule has 0 saturated heterocycles. The highest BCUT2D eigenvalue weighted by molar-refractivity contribution is 7.89. The average Bonchev–Trinajstić information content (AvgIpc) is 2.25. The number of sulfonamides is 1. The van der Waals surface area contributed by atoms with Crippen molar-refractivity contribution in [1.82, 2.24) is 5.32 Å². The quantitative estimate of drug-likeness (QED) is 0.829. The van der Waals surface area contributed by atoms with E-state index in [4.69, 9.17) is 5.14 Å². The highest BCUT2D eigenvalue weighted by Crippen LogP contribution is 2.11. The van der Waals surface area contributed by atoms with Gasteiger partial charge >= 0.3 is 0 Å². The summed E-state index contributed by atoms with van der Waals surface area (Å²) in [5.41, 5.74) is 0.778. The fraction of sp³-hybridized carbons (Fsp3) is 0.417. The molecule has 1 aromatic rings. The smallest absolute Gasteiger partial charge is 0.238 e. The molecule has 0 unspecified atom stereocenters. The summed E-state index contributed by atoms with van der Waals surface area (Å²) in [6.07, 6.45) is 0.814. The summed E-state index contributed by atoms with van der Waals surface area (Å²) in [7, 11) is -3.68. The van der Waals surface area contributed by atoms with E-state index in [1.807, 2.05) is 13.8 Å². The number of nitrogens with two attached hydrogens (primary N) is 1. The summed E-state index contributed by atoms with van der Waals surface area (Å²) in [4.78, 5) is 11.5. The van der Waals surface area contributed by atoms with Crippen LogP contribution in [0.2, 0.25) is 0 Å². The number of aryl methyl sites for hydroxylation is 1. The molecule has 0 heterocycles. The van der Waals surface area contributed by atoms with E-state index in [9.17, 15) is 13.2 Å². The summed E-state index contributed by atoms with van der Waals surface area (Å²) in [6, 6.07) is 6.44. The van der Waals surface area contributed by atoms with Crippen LogP contribution in [0.1, 0.15) is 25.8 Å². The Kier molecular flexibility index (Phi) is 4.86. The normalized spacial score (nSPS) is 11.6. The van der Waals surface area contributed by atoms with Crippen LogP contribution in [0.5, 0.6) is 0 Å². The Labute approximate surface area is 107 Å². The monoisotopic (exact) mass is 270 g/mol. The summed E-state index contributed by atoms with van der Waals surface area (Å²) in [5, 5.41) is 7.82. The van der Waals surface area contributed by atoms with Crippen LogP contribution < -0.4 is 10.5 Å². The number of hydrogen-bond donors (Lipinski definition) is 2. The first-order chi connectivity index (χ1) is 8.29. The molecule has 0 bridgehead atoms. The minimum atomic E-state index is -3.68. The minimum absolute atomic E-state index is 0.0500. The van der Waals surface area contributed by atoms with Gasteiger partial charge in [0, 0.05) is 12.5 Å². The molecule has 0 atom stereocenters. The second-order valence-corrected chi connectivity index (χ2v) is 5.98. The Hall–Kier alpha value is -1.40. The van der Waals surface area contributed by atoms with Crippen molar-refractivity contribution in [2.24, 2.45) is 5.14 Å². The number of rotatable bonds is 5. The van der Waals surface area contributed by atoms with E-state index in [1.54, 1.807) is 12.1 Å². The molecule has 0 aliphatic rings. The number of primary sulfonamides is 1. The SMILES string of the molecule is CC(C)NC(=O)CCc1cccc(S(N)(=O)=O)c1. The Morgan fingerprint density at radius 2 is 2.06 bits per heavy atom. The van der Waals surface area contributed by atoms with Gasteiger partial charge < -0.3 is 5.32 Å². The Morgan fingerprint density at radius 3 is 2.61 bits per heavy atom. The van der Waals surface area contributed by atoms with Crippen molar-refractivity contribution in [3.05, 3.63) is 29.8 Å². The van der Waals surface area contributed by atoms with E-state index in [0.717, 1.165) is 5.56 Å². The highest BCUT2D eigenvalue weighted by Gasteiger charge is 2.09. The maximum atomic E-state index is 11.5. The molecule has 0 aliphatic heterocycles. The second kappa shape index (κ2) is 5.97. The fourth-order valence-electron chi connectivity index (χ4n) is 1.53. The van der Waals surface area contributed by atoms with Crippen LogP contribution in [-0.4, -0.2) is 20.4 Å². The molecule has 0 aromatic heterocycles. The van der Waals surface area contributed by atoms with Gasteiger partial charge in [-0.2, -0.15) is 0 Å². The largest absolute Gasteiger partial charge is 0.354 e. The van der Waals surface area contributed by atoms with Crippen molar-refractivity contribution in [3.63, 3.8) is 0 Å². The van der Waals surface area contributed by atoms with Gasteiger partial charge in [0.25, 0.3) is 0 Å². The maximum absolute atomic E-state index is 11.5. The lowest BCUT2D eigenvalue weighted by Crippen LogP contribution is -2.30. The maximum Gasteiger partial charge on any atom is 0.238 e. The molecule has 5 nitrogen and oxygen atoms in total. The van der Waals surface area contributed by atoms with Crippen LogP contribution in [0.25, 0.3) is 0 Å². The van der Waals surface area contributed by atoms with E-state index >= 15 is 0 Å². The molecule has 3 N–H and O–H groups in total. The van der Waals surface area contributed by atoms with Crippen LogP contribution in [0.3, 0.4) is 0 Å². The number of benzene rings is 1. The lowest BCUT2D eigenvalue weighted by molar-refractivity contribution is -0.121. The molecule has 0 radical (unpaired) electrons. The van der Waals surface area contributed by atoms with Gasteiger partial charge in [-0.05, 0) is 38.0 Å². The van der Waals surface area contributed by atoms with Crippen molar-refractivity contribution in [2.45, 2.75) is 37.6 Å². The van der Waals surface area contributed by atoms with Crippen molar-refractivity contribution in [3.8, 4) is 0 Å². The number of hydrogen-bond acceptors (Lipinski definition) is 3. The molecule has 6 heteroatoms. The molecular formula is C12H18N2O3S. The van der Waals surface area contributed by atoms with Gasteiger partial charge in [0.2, 0.25) is 15.9 Å². The van der Waals surface area contributed by atoms with Gasteiger partial charge in [-0.1, -0.05) is 12.1 Å². The number of nitrogens with one attached hydrogen (secondary N) is 1. The first-order valence-electron chi connectivity index (χ1n) is 5.70. The molecule has 18 heavy (non-hydrogen) atoms. The molecule has 1 amide bonds. The molecule has 0 fully saturated rings. The third-order valence-corrected chi connectivity index (χ3v) is 3.23. The molecule has 1 rings (SSSR count). The lowest BCUT2D eigenvalue weighted by atomic mass is 10.1. The minimum Gasteiger partial charge on any atom is -0.354 e. The zero-order valence-electron chi connectivity index (χ0n) is 10.5. The van der Waals surface area contributed by atoms with E-state index in [0.29, 0.717) is 12.8 Å². The highest BCUT2D eigenvalue weighted by atomic mass is 32.2. The standard InChI is InChI=1S/C12H18N2O3S/c1-9(2)14-12(15)7-6-10-4-3-5-11(8-10)18(13,16)17/h3-5,8-9H,6-7H2,1-2H3,(H,14,15)(H2,13,16,17). The number of carbonyl (C=O) groups is 1. The zero-order valence-corrected chi connectivity index (χ0v) is 11.3. The van der Waals surface area contributed by atoms with Crippen LogP contribution in [-0.2, 0) is 21.2 Å². The second-order valence-electron chi connectivity index (χ2n) is 4.41. The summed E-state index contributed by atoms with van der Waals surface area (Å²) in [5.74, 6) is -0.0500. The van der Waals surface area contributed by atoms with Crippen LogP contribution in [0.4, 0.5) is 0 Å². The molecule has 1 aromatic carbocycles. The molecule has 0 aliphatic carbocycles. The van der Waals surface area contributed by atoms with Gasteiger partial charge in [-0.25, -0.2) is 13.6 Å². The molecule has 0 spiro atoms.